The van der Waals surface area contributed by atoms with Gasteiger partial charge in [0, 0.05) is 43.3 Å². The maximum atomic E-state index is 12.5. The van der Waals surface area contributed by atoms with E-state index < -0.39 is 10.0 Å². The fourth-order valence-electron chi connectivity index (χ4n) is 2.39. The van der Waals surface area contributed by atoms with Crippen molar-refractivity contribution in [2.24, 2.45) is 7.05 Å². The van der Waals surface area contributed by atoms with Crippen molar-refractivity contribution in [2.75, 3.05) is 7.11 Å². The van der Waals surface area contributed by atoms with Crippen LogP contribution in [0.3, 0.4) is 0 Å². The number of pyridine rings is 1. The number of aromatic nitrogens is 3. The predicted octanol–water partition coefficient (Wildman–Crippen LogP) is 2.62. The number of aryl methyl sites for hydroxylation is 1. The minimum absolute atomic E-state index is 0.0691. The molecule has 136 valence electrons. The van der Waals surface area contributed by atoms with Crippen molar-refractivity contribution in [3.8, 4) is 16.9 Å². The number of benzene rings is 1. The lowest BCUT2D eigenvalue weighted by atomic mass is 10.1. The first-order valence-electron chi connectivity index (χ1n) is 7.65. The molecular weight excluding hydrogens is 376 g/mol. The number of ether oxygens (including phenoxy) is 1. The molecule has 0 fully saturated rings. The molecule has 0 aliphatic rings. The van der Waals surface area contributed by atoms with E-state index in [0.717, 1.165) is 16.7 Å². The molecule has 1 N–H and O–H groups in total. The summed E-state index contributed by atoms with van der Waals surface area (Å²) in [5.74, 6) is 0.416. The molecule has 2 heterocycles. The van der Waals surface area contributed by atoms with E-state index in [-0.39, 0.29) is 16.5 Å². The third-order valence-corrected chi connectivity index (χ3v) is 5.43. The first-order valence-corrected chi connectivity index (χ1v) is 9.51. The minimum atomic E-state index is -3.71. The summed E-state index contributed by atoms with van der Waals surface area (Å²) in [7, 11) is -0.417. The zero-order valence-electron chi connectivity index (χ0n) is 14.2. The predicted molar refractivity (Wildman–Crippen MR) is 98.5 cm³/mol. The van der Waals surface area contributed by atoms with Crippen LogP contribution in [0.25, 0.3) is 11.1 Å². The number of nitrogens with one attached hydrogen (secondary N) is 1. The average Bonchev–Trinajstić information content (AvgIpc) is 3.07. The highest BCUT2D eigenvalue weighted by Crippen LogP contribution is 2.27. The summed E-state index contributed by atoms with van der Waals surface area (Å²) in [6, 6.07) is 6.18. The van der Waals surface area contributed by atoms with Crippen molar-refractivity contribution in [2.45, 2.75) is 11.4 Å². The first-order chi connectivity index (χ1) is 12.4. The van der Waals surface area contributed by atoms with Crippen LogP contribution >= 0.6 is 11.6 Å². The minimum Gasteiger partial charge on any atom is -0.495 e. The van der Waals surface area contributed by atoms with Crippen molar-refractivity contribution in [3.63, 3.8) is 0 Å². The van der Waals surface area contributed by atoms with Crippen LogP contribution in [0.15, 0.2) is 53.9 Å². The molecule has 2 aromatic heterocycles. The van der Waals surface area contributed by atoms with Crippen LogP contribution in [0.1, 0.15) is 5.56 Å². The molecule has 3 rings (SSSR count). The highest BCUT2D eigenvalue weighted by atomic mass is 35.5. The van der Waals surface area contributed by atoms with Gasteiger partial charge in [-0.1, -0.05) is 11.6 Å². The number of methoxy groups -OCH3 is 1. The molecule has 0 aliphatic carbocycles. The van der Waals surface area contributed by atoms with Crippen molar-refractivity contribution in [3.05, 3.63) is 59.6 Å². The summed E-state index contributed by atoms with van der Waals surface area (Å²) in [6.07, 6.45) is 6.91. The highest BCUT2D eigenvalue weighted by Gasteiger charge is 2.16. The number of hydrogen-bond donors (Lipinski definition) is 1. The smallest absolute Gasteiger partial charge is 0.240 e. The second-order valence-electron chi connectivity index (χ2n) is 5.61. The molecule has 0 bridgehead atoms. The summed E-state index contributed by atoms with van der Waals surface area (Å²) >= 11 is 6.01. The van der Waals surface area contributed by atoms with E-state index in [4.69, 9.17) is 16.3 Å². The first kappa shape index (κ1) is 18.4. The summed E-state index contributed by atoms with van der Waals surface area (Å²) in [4.78, 5) is 4.24. The molecule has 0 saturated heterocycles. The van der Waals surface area contributed by atoms with Crippen LogP contribution in [0, 0.1) is 0 Å². The highest BCUT2D eigenvalue weighted by molar-refractivity contribution is 7.89. The summed E-state index contributed by atoms with van der Waals surface area (Å²) in [5.41, 5.74) is 2.50. The Morgan fingerprint density at radius 3 is 2.65 bits per heavy atom. The van der Waals surface area contributed by atoms with E-state index >= 15 is 0 Å². The molecule has 0 spiro atoms. The molecule has 0 saturated carbocycles. The average molecular weight is 393 g/mol. The molecule has 0 amide bonds. The molecule has 0 radical (unpaired) electrons. The van der Waals surface area contributed by atoms with Gasteiger partial charge in [0.1, 0.15) is 5.75 Å². The molecule has 1 aromatic carbocycles. The molecule has 0 unspecified atom stereocenters. The number of rotatable bonds is 6. The maximum absolute atomic E-state index is 12.5. The lowest BCUT2D eigenvalue weighted by molar-refractivity contribution is 0.414. The Morgan fingerprint density at radius 1 is 1.19 bits per heavy atom. The van der Waals surface area contributed by atoms with Gasteiger partial charge in [0.2, 0.25) is 10.0 Å². The van der Waals surface area contributed by atoms with Crippen molar-refractivity contribution in [1.29, 1.82) is 0 Å². The summed E-state index contributed by atoms with van der Waals surface area (Å²) in [5, 5.41) is 4.36. The Balaban J connectivity index is 1.77. The number of halogens is 1. The van der Waals surface area contributed by atoms with Crippen LogP contribution in [-0.4, -0.2) is 30.3 Å². The molecular formula is C17H17ClN4O3S. The fourth-order valence-corrected chi connectivity index (χ4v) is 3.75. The van der Waals surface area contributed by atoms with Gasteiger partial charge in [0.25, 0.3) is 0 Å². The van der Waals surface area contributed by atoms with Gasteiger partial charge in [0.15, 0.2) is 0 Å². The second kappa shape index (κ2) is 7.45. The van der Waals surface area contributed by atoms with Gasteiger partial charge in [-0.2, -0.15) is 5.10 Å². The monoisotopic (exact) mass is 392 g/mol. The van der Waals surface area contributed by atoms with Crippen molar-refractivity contribution < 1.29 is 13.2 Å². The Kier molecular flexibility index (Phi) is 5.26. The second-order valence-corrected chi connectivity index (χ2v) is 7.78. The zero-order valence-corrected chi connectivity index (χ0v) is 15.8. The van der Waals surface area contributed by atoms with Gasteiger partial charge < -0.3 is 4.74 Å². The molecule has 0 atom stereocenters. The number of nitrogens with zero attached hydrogens (tertiary/aromatic N) is 3. The largest absolute Gasteiger partial charge is 0.495 e. The number of hydrogen-bond acceptors (Lipinski definition) is 5. The quantitative estimate of drug-likeness (QED) is 0.696. The maximum Gasteiger partial charge on any atom is 0.240 e. The fraction of sp³-hybridized carbons (Fsp3) is 0.176. The van der Waals surface area contributed by atoms with E-state index in [0.29, 0.717) is 5.75 Å². The van der Waals surface area contributed by atoms with E-state index in [9.17, 15) is 8.42 Å². The molecule has 26 heavy (non-hydrogen) atoms. The lowest BCUT2D eigenvalue weighted by Gasteiger charge is -2.09. The molecule has 0 aliphatic heterocycles. The summed E-state index contributed by atoms with van der Waals surface area (Å²) < 4.78 is 34.2. The third kappa shape index (κ3) is 4.04. The Morgan fingerprint density at radius 2 is 2.00 bits per heavy atom. The van der Waals surface area contributed by atoms with Crippen molar-refractivity contribution >= 4 is 21.6 Å². The number of sulfonamides is 1. The Hall–Kier alpha value is -2.42. The van der Waals surface area contributed by atoms with Gasteiger partial charge >= 0.3 is 0 Å². The van der Waals surface area contributed by atoms with Gasteiger partial charge in [0.05, 0.1) is 23.2 Å². The molecule has 3 aromatic rings. The van der Waals surface area contributed by atoms with E-state index in [1.165, 1.54) is 25.3 Å². The van der Waals surface area contributed by atoms with Gasteiger partial charge in [-0.25, -0.2) is 13.1 Å². The third-order valence-electron chi connectivity index (χ3n) is 3.73. The molecule has 9 heteroatoms. The van der Waals surface area contributed by atoms with Crippen LogP contribution in [0.2, 0.25) is 5.02 Å². The standard InChI is InChI=1S/C17H17ClN4O3S/c1-22-11-14(10-20-22)13-5-12(7-19-9-13)8-21-26(23,24)15-3-4-17(25-2)16(18)6-15/h3-7,9-11,21H,8H2,1-2H3. The van der Waals surface area contributed by atoms with Crippen LogP contribution in [-0.2, 0) is 23.6 Å². The normalized spacial score (nSPS) is 11.5. The SMILES string of the molecule is COc1ccc(S(=O)(=O)NCc2cncc(-c3cnn(C)c3)c2)cc1Cl. The van der Waals surface area contributed by atoms with Crippen LogP contribution in [0.5, 0.6) is 5.75 Å². The lowest BCUT2D eigenvalue weighted by Crippen LogP contribution is -2.23. The van der Waals surface area contributed by atoms with Crippen molar-refractivity contribution in [1.82, 2.24) is 19.5 Å². The van der Waals surface area contributed by atoms with E-state index in [1.807, 2.05) is 19.3 Å². The topological polar surface area (TPSA) is 86.1 Å². The van der Waals surface area contributed by atoms with Gasteiger partial charge in [-0.3, -0.25) is 9.67 Å². The van der Waals surface area contributed by atoms with Crippen LogP contribution < -0.4 is 9.46 Å². The van der Waals surface area contributed by atoms with E-state index in [1.54, 1.807) is 23.3 Å². The molecule has 7 nitrogen and oxygen atoms in total. The Labute approximate surface area is 156 Å². The van der Waals surface area contributed by atoms with Crippen LogP contribution in [0.4, 0.5) is 0 Å². The summed E-state index contributed by atoms with van der Waals surface area (Å²) in [6.45, 7) is 0.104. The van der Waals surface area contributed by atoms with Gasteiger partial charge in [-0.05, 0) is 29.8 Å². The van der Waals surface area contributed by atoms with Gasteiger partial charge in [-0.15, -0.1) is 0 Å². The zero-order chi connectivity index (χ0) is 18.7. The Bertz CT molecular complexity index is 1030. The van der Waals surface area contributed by atoms with E-state index in [2.05, 4.69) is 14.8 Å².